The maximum atomic E-state index is 12.8. The molecule has 1 aromatic heterocycles. The van der Waals surface area contributed by atoms with Crippen LogP contribution in [0.2, 0.25) is 0 Å². The molecular weight excluding hydrogens is 368 g/mol. The van der Waals surface area contributed by atoms with E-state index in [1.54, 1.807) is 7.11 Å². The number of carbonyl (C=O) groups is 2. The molecule has 0 aliphatic heterocycles. The van der Waals surface area contributed by atoms with Gasteiger partial charge in [-0.15, -0.1) is 0 Å². The highest BCUT2D eigenvalue weighted by Crippen LogP contribution is 2.14. The van der Waals surface area contributed by atoms with Crippen LogP contribution in [0.5, 0.6) is 5.75 Å². The second kappa shape index (κ2) is 9.33. The molecule has 2 aromatic carbocycles. The van der Waals surface area contributed by atoms with Gasteiger partial charge in [0.25, 0.3) is 18.2 Å². The number of hydrogen-bond donors (Lipinski definition) is 1. The van der Waals surface area contributed by atoms with Crippen molar-refractivity contribution in [2.75, 3.05) is 13.7 Å². The number of ether oxygens (including phenoxy) is 1. The SMILES string of the molecule is [C-]#[N+]CC(=O)c1cc(C(=O)NCc2ccccc2)n(Cc2ccc(OC)cc2)n1. The maximum absolute atomic E-state index is 12.8. The van der Waals surface area contributed by atoms with Crippen molar-refractivity contribution in [2.45, 2.75) is 13.1 Å². The topological polar surface area (TPSA) is 77.6 Å². The molecule has 1 amide bonds. The molecule has 7 heteroatoms. The third-order valence-corrected chi connectivity index (χ3v) is 4.31. The van der Waals surface area contributed by atoms with Crippen LogP contribution < -0.4 is 10.1 Å². The summed E-state index contributed by atoms with van der Waals surface area (Å²) in [6, 6.07) is 18.4. The first kappa shape index (κ1) is 19.8. The Morgan fingerprint density at radius 2 is 1.83 bits per heavy atom. The summed E-state index contributed by atoms with van der Waals surface area (Å²) in [4.78, 5) is 28.0. The Morgan fingerprint density at radius 1 is 1.10 bits per heavy atom. The Balaban J connectivity index is 1.83. The normalized spacial score (nSPS) is 10.2. The third kappa shape index (κ3) is 5.08. The Kier molecular flexibility index (Phi) is 6.38. The molecular formula is C22H20N4O3. The smallest absolute Gasteiger partial charge is 0.278 e. The van der Waals surface area contributed by atoms with Gasteiger partial charge < -0.3 is 14.9 Å². The average molecular weight is 388 g/mol. The molecule has 0 aliphatic rings. The Labute approximate surface area is 168 Å². The first-order valence-corrected chi connectivity index (χ1v) is 9.00. The van der Waals surface area contributed by atoms with Gasteiger partial charge in [-0.25, -0.2) is 6.57 Å². The molecule has 0 bridgehead atoms. The van der Waals surface area contributed by atoms with Gasteiger partial charge >= 0.3 is 0 Å². The zero-order valence-electron chi connectivity index (χ0n) is 16.0. The van der Waals surface area contributed by atoms with E-state index in [-0.39, 0.29) is 23.8 Å². The molecule has 0 saturated carbocycles. The van der Waals surface area contributed by atoms with Crippen molar-refractivity contribution in [3.05, 3.63) is 94.6 Å². The van der Waals surface area contributed by atoms with E-state index < -0.39 is 5.78 Å². The number of methoxy groups -OCH3 is 1. The van der Waals surface area contributed by atoms with Crippen molar-refractivity contribution in [2.24, 2.45) is 0 Å². The first-order chi connectivity index (χ1) is 14.1. The Hall–Kier alpha value is -3.92. The predicted octanol–water partition coefficient (Wildman–Crippen LogP) is 2.97. The van der Waals surface area contributed by atoms with E-state index in [2.05, 4.69) is 15.3 Å². The lowest BCUT2D eigenvalue weighted by atomic mass is 10.2. The molecule has 0 atom stereocenters. The van der Waals surface area contributed by atoms with Gasteiger partial charge in [-0.05, 0) is 23.3 Å². The zero-order valence-corrected chi connectivity index (χ0v) is 16.0. The van der Waals surface area contributed by atoms with E-state index in [1.165, 1.54) is 10.7 Å². The zero-order chi connectivity index (χ0) is 20.6. The molecule has 1 N–H and O–H groups in total. The highest BCUT2D eigenvalue weighted by molar-refractivity contribution is 6.00. The van der Waals surface area contributed by atoms with Gasteiger partial charge in [0.05, 0.1) is 13.7 Å². The van der Waals surface area contributed by atoms with Crippen LogP contribution in [-0.2, 0) is 13.1 Å². The second-order valence-corrected chi connectivity index (χ2v) is 6.33. The molecule has 0 aliphatic carbocycles. The van der Waals surface area contributed by atoms with Crippen LogP contribution >= 0.6 is 0 Å². The lowest BCUT2D eigenvalue weighted by Crippen LogP contribution is -2.26. The minimum Gasteiger partial charge on any atom is -0.497 e. The number of benzene rings is 2. The molecule has 0 fully saturated rings. The molecule has 0 radical (unpaired) electrons. The van der Waals surface area contributed by atoms with Crippen LogP contribution in [0.3, 0.4) is 0 Å². The second-order valence-electron chi connectivity index (χ2n) is 6.33. The molecule has 146 valence electrons. The van der Waals surface area contributed by atoms with Gasteiger partial charge in [-0.3, -0.25) is 14.3 Å². The van der Waals surface area contributed by atoms with E-state index in [1.807, 2.05) is 54.6 Å². The summed E-state index contributed by atoms with van der Waals surface area (Å²) in [5.74, 6) is -0.0229. The van der Waals surface area contributed by atoms with Gasteiger partial charge in [0.15, 0.2) is 0 Å². The fourth-order valence-corrected chi connectivity index (χ4v) is 2.78. The van der Waals surface area contributed by atoms with Crippen molar-refractivity contribution in [1.82, 2.24) is 15.1 Å². The van der Waals surface area contributed by atoms with Gasteiger partial charge in [0.1, 0.15) is 17.1 Å². The number of carbonyl (C=O) groups excluding carboxylic acids is 2. The molecule has 0 saturated heterocycles. The number of hydrogen-bond acceptors (Lipinski definition) is 4. The lowest BCUT2D eigenvalue weighted by molar-refractivity contribution is 0.0939. The van der Waals surface area contributed by atoms with E-state index in [4.69, 9.17) is 11.3 Å². The quantitative estimate of drug-likeness (QED) is 0.475. The average Bonchev–Trinajstić information content (AvgIpc) is 3.17. The molecule has 3 aromatic rings. The number of amides is 1. The minimum atomic E-state index is -0.411. The van der Waals surface area contributed by atoms with Crippen LogP contribution in [0.15, 0.2) is 60.7 Å². The highest BCUT2D eigenvalue weighted by atomic mass is 16.5. The molecule has 1 heterocycles. The van der Waals surface area contributed by atoms with Crippen LogP contribution in [0, 0.1) is 6.57 Å². The molecule has 0 spiro atoms. The summed E-state index contributed by atoms with van der Waals surface area (Å²) < 4.78 is 6.64. The lowest BCUT2D eigenvalue weighted by Gasteiger charge is -2.09. The van der Waals surface area contributed by atoms with Crippen LogP contribution in [-0.4, -0.2) is 35.1 Å². The largest absolute Gasteiger partial charge is 0.497 e. The van der Waals surface area contributed by atoms with E-state index >= 15 is 0 Å². The van der Waals surface area contributed by atoms with Gasteiger partial charge in [-0.2, -0.15) is 5.10 Å². The van der Waals surface area contributed by atoms with Crippen LogP contribution in [0.4, 0.5) is 0 Å². The van der Waals surface area contributed by atoms with Crippen LogP contribution in [0.1, 0.15) is 32.1 Å². The molecule has 7 nitrogen and oxygen atoms in total. The number of aromatic nitrogens is 2. The number of Topliss-reactive ketones (excluding diaryl/α,β-unsaturated/α-hetero) is 1. The van der Waals surface area contributed by atoms with E-state index in [9.17, 15) is 9.59 Å². The summed E-state index contributed by atoms with van der Waals surface area (Å²) >= 11 is 0. The number of nitrogens with one attached hydrogen (secondary N) is 1. The summed E-state index contributed by atoms with van der Waals surface area (Å²) in [7, 11) is 1.59. The fraction of sp³-hybridized carbons (Fsp3) is 0.182. The number of nitrogens with zero attached hydrogens (tertiary/aromatic N) is 3. The van der Waals surface area contributed by atoms with Crippen molar-refractivity contribution >= 4 is 11.7 Å². The molecule has 3 rings (SSSR count). The van der Waals surface area contributed by atoms with E-state index in [0.29, 0.717) is 13.1 Å². The molecule has 0 unspecified atom stereocenters. The summed E-state index contributed by atoms with van der Waals surface area (Å²) in [5.41, 5.74) is 2.24. The monoisotopic (exact) mass is 388 g/mol. The van der Waals surface area contributed by atoms with Crippen LogP contribution in [0.25, 0.3) is 4.85 Å². The highest BCUT2D eigenvalue weighted by Gasteiger charge is 2.20. The van der Waals surface area contributed by atoms with Gasteiger partial charge in [-0.1, -0.05) is 42.5 Å². The summed E-state index contributed by atoms with van der Waals surface area (Å²) in [5, 5.41) is 7.13. The van der Waals surface area contributed by atoms with Gasteiger partial charge in [0, 0.05) is 12.6 Å². The van der Waals surface area contributed by atoms with Crippen molar-refractivity contribution in [3.8, 4) is 5.75 Å². The predicted molar refractivity (Wildman–Crippen MR) is 108 cm³/mol. The minimum absolute atomic E-state index is 0.111. The summed E-state index contributed by atoms with van der Waals surface area (Å²) in [6.45, 7) is 7.25. The summed E-state index contributed by atoms with van der Waals surface area (Å²) in [6.07, 6.45) is 0. The Bertz CT molecular complexity index is 1030. The number of ketones is 1. The van der Waals surface area contributed by atoms with E-state index in [0.717, 1.165) is 16.9 Å². The molecule has 29 heavy (non-hydrogen) atoms. The fourth-order valence-electron chi connectivity index (χ4n) is 2.78. The Morgan fingerprint density at radius 3 is 2.48 bits per heavy atom. The third-order valence-electron chi connectivity index (χ3n) is 4.31. The number of rotatable bonds is 8. The van der Waals surface area contributed by atoms with Gasteiger partial charge in [0.2, 0.25) is 0 Å². The van der Waals surface area contributed by atoms with Crippen molar-refractivity contribution in [1.29, 1.82) is 0 Å². The standard InChI is InChI=1S/C22H20N4O3/c1-23-14-21(27)19-12-20(22(28)24-13-16-6-4-3-5-7-16)26(25-19)15-17-8-10-18(29-2)11-9-17/h3-12H,13-15H2,2H3,(H,24,28). The van der Waals surface area contributed by atoms with Crippen molar-refractivity contribution < 1.29 is 14.3 Å². The first-order valence-electron chi connectivity index (χ1n) is 9.00. The maximum Gasteiger partial charge on any atom is 0.278 e. The van der Waals surface area contributed by atoms with Crippen molar-refractivity contribution in [3.63, 3.8) is 0 Å².